The monoisotopic (exact) mass is 254 g/mol. The molecular formula is C11H18N4OS. The van der Waals surface area contributed by atoms with Crippen molar-refractivity contribution in [1.82, 2.24) is 9.97 Å². The van der Waals surface area contributed by atoms with Gasteiger partial charge >= 0.3 is 0 Å². The molecule has 0 bridgehead atoms. The van der Waals surface area contributed by atoms with Crippen LogP contribution < -0.4 is 16.6 Å². The predicted molar refractivity (Wildman–Crippen MR) is 72.5 cm³/mol. The second kappa shape index (κ2) is 5.44. The molecule has 0 radical (unpaired) electrons. The maximum Gasteiger partial charge on any atom is 0.276 e. The van der Waals surface area contributed by atoms with Gasteiger partial charge in [-0.2, -0.15) is 11.8 Å². The maximum absolute atomic E-state index is 11.4. The minimum absolute atomic E-state index is 0.179. The van der Waals surface area contributed by atoms with Crippen LogP contribution >= 0.6 is 11.8 Å². The van der Waals surface area contributed by atoms with Crippen molar-refractivity contribution in [1.29, 1.82) is 0 Å². The van der Waals surface area contributed by atoms with Crippen molar-refractivity contribution in [3.8, 4) is 0 Å². The van der Waals surface area contributed by atoms with Gasteiger partial charge in [0, 0.05) is 11.3 Å². The molecule has 0 spiro atoms. The first-order valence-electron chi connectivity index (χ1n) is 5.85. The first-order chi connectivity index (χ1) is 8.22. The standard InChI is InChI=1S/C11H18N4OS/c1-17-8-5-3-2-4-7(8)15-10-9(12)11(16)14-6-13-10/h6-8H,2-5,12H2,1H3,(H2,13,14,15,16). The molecular weight excluding hydrogens is 236 g/mol. The summed E-state index contributed by atoms with van der Waals surface area (Å²) in [5.41, 5.74) is 5.61. The fraction of sp³-hybridized carbons (Fsp3) is 0.636. The third kappa shape index (κ3) is 2.74. The quantitative estimate of drug-likeness (QED) is 0.760. The molecule has 2 rings (SSSR count). The molecule has 0 amide bonds. The third-order valence-electron chi connectivity index (χ3n) is 3.22. The molecule has 2 atom stereocenters. The molecule has 0 aromatic carbocycles. The van der Waals surface area contributed by atoms with Crippen LogP contribution in [0.15, 0.2) is 11.1 Å². The number of anilines is 2. The van der Waals surface area contributed by atoms with E-state index in [4.69, 9.17) is 5.73 Å². The summed E-state index contributed by atoms with van der Waals surface area (Å²) < 4.78 is 0. The van der Waals surface area contributed by atoms with Crippen molar-refractivity contribution < 1.29 is 0 Å². The molecule has 0 saturated heterocycles. The normalized spacial score (nSPS) is 24.5. The smallest absolute Gasteiger partial charge is 0.276 e. The lowest BCUT2D eigenvalue weighted by Crippen LogP contribution is -2.35. The van der Waals surface area contributed by atoms with E-state index in [1.54, 1.807) is 0 Å². The van der Waals surface area contributed by atoms with Crippen molar-refractivity contribution in [3.05, 3.63) is 16.7 Å². The van der Waals surface area contributed by atoms with Crippen LogP contribution in [-0.2, 0) is 0 Å². The van der Waals surface area contributed by atoms with Gasteiger partial charge in [-0.3, -0.25) is 4.79 Å². The Labute approximate surface area is 105 Å². The van der Waals surface area contributed by atoms with Crippen LogP contribution in [0.4, 0.5) is 11.5 Å². The molecule has 1 fully saturated rings. The van der Waals surface area contributed by atoms with Crippen LogP contribution in [0.3, 0.4) is 0 Å². The highest BCUT2D eigenvalue weighted by molar-refractivity contribution is 7.99. The predicted octanol–water partition coefficient (Wildman–Crippen LogP) is 1.44. The highest BCUT2D eigenvalue weighted by atomic mass is 32.2. The third-order valence-corrected chi connectivity index (χ3v) is 4.39. The first kappa shape index (κ1) is 12.3. The van der Waals surface area contributed by atoms with E-state index < -0.39 is 0 Å². The van der Waals surface area contributed by atoms with Gasteiger partial charge < -0.3 is 16.0 Å². The lowest BCUT2D eigenvalue weighted by atomic mass is 9.95. The Morgan fingerprint density at radius 2 is 2.29 bits per heavy atom. The van der Waals surface area contributed by atoms with Crippen molar-refractivity contribution in [2.75, 3.05) is 17.3 Å². The molecule has 2 unspecified atom stereocenters. The molecule has 4 N–H and O–H groups in total. The largest absolute Gasteiger partial charge is 0.391 e. The van der Waals surface area contributed by atoms with Gasteiger partial charge in [-0.15, -0.1) is 0 Å². The number of H-pyrrole nitrogens is 1. The second-order valence-electron chi connectivity index (χ2n) is 4.30. The first-order valence-corrected chi connectivity index (χ1v) is 7.13. The van der Waals surface area contributed by atoms with Crippen LogP contribution in [-0.4, -0.2) is 27.5 Å². The van der Waals surface area contributed by atoms with Crippen molar-refractivity contribution >= 4 is 23.3 Å². The Morgan fingerprint density at radius 1 is 1.53 bits per heavy atom. The summed E-state index contributed by atoms with van der Waals surface area (Å²) in [5, 5.41) is 3.89. The van der Waals surface area contributed by atoms with Crippen LogP contribution in [0.1, 0.15) is 25.7 Å². The molecule has 1 aliphatic rings. The number of hydrogen-bond donors (Lipinski definition) is 3. The molecule has 1 aliphatic carbocycles. The van der Waals surface area contributed by atoms with Crippen molar-refractivity contribution in [2.24, 2.45) is 0 Å². The molecule has 5 nitrogen and oxygen atoms in total. The summed E-state index contributed by atoms with van der Waals surface area (Å²) in [6.45, 7) is 0. The average molecular weight is 254 g/mol. The summed E-state index contributed by atoms with van der Waals surface area (Å²) >= 11 is 1.87. The number of hydrogen-bond acceptors (Lipinski definition) is 5. The minimum atomic E-state index is -0.279. The van der Waals surface area contributed by atoms with Crippen molar-refractivity contribution in [2.45, 2.75) is 37.0 Å². The van der Waals surface area contributed by atoms with E-state index in [2.05, 4.69) is 21.5 Å². The fourth-order valence-corrected chi connectivity index (χ4v) is 3.18. The number of aromatic nitrogens is 2. The van der Waals surface area contributed by atoms with Crippen LogP contribution in [0.25, 0.3) is 0 Å². The number of nitrogens with zero attached hydrogens (tertiary/aromatic N) is 1. The van der Waals surface area contributed by atoms with E-state index in [-0.39, 0.29) is 11.2 Å². The minimum Gasteiger partial charge on any atom is -0.391 e. The SMILES string of the molecule is CSC1CCCCC1Nc1nc[nH]c(=O)c1N. The number of aromatic amines is 1. The maximum atomic E-state index is 11.4. The topological polar surface area (TPSA) is 83.8 Å². The van der Waals surface area contributed by atoms with Gasteiger partial charge in [-0.1, -0.05) is 12.8 Å². The molecule has 0 aliphatic heterocycles. The highest BCUT2D eigenvalue weighted by Gasteiger charge is 2.25. The zero-order chi connectivity index (χ0) is 12.3. The summed E-state index contributed by atoms with van der Waals surface area (Å²) in [4.78, 5) is 17.9. The molecule has 94 valence electrons. The van der Waals surface area contributed by atoms with Gasteiger partial charge in [0.2, 0.25) is 0 Å². The number of nitrogen functional groups attached to an aromatic ring is 1. The van der Waals surface area contributed by atoms with Crippen LogP contribution in [0.2, 0.25) is 0 Å². The fourth-order valence-electron chi connectivity index (χ4n) is 2.24. The van der Waals surface area contributed by atoms with Gasteiger partial charge in [0.15, 0.2) is 5.82 Å². The van der Waals surface area contributed by atoms with Crippen molar-refractivity contribution in [3.63, 3.8) is 0 Å². The van der Waals surface area contributed by atoms with Gasteiger partial charge in [0.25, 0.3) is 5.56 Å². The van der Waals surface area contributed by atoms with E-state index >= 15 is 0 Å². The average Bonchev–Trinajstić information content (AvgIpc) is 2.35. The Balaban J connectivity index is 2.13. The molecule has 1 heterocycles. The Kier molecular flexibility index (Phi) is 3.93. The molecule has 1 saturated carbocycles. The Morgan fingerprint density at radius 3 is 3.06 bits per heavy atom. The van der Waals surface area contributed by atoms with E-state index in [0.717, 1.165) is 6.42 Å². The number of thioether (sulfide) groups is 1. The van der Waals surface area contributed by atoms with E-state index in [1.165, 1.54) is 25.6 Å². The molecule has 17 heavy (non-hydrogen) atoms. The lowest BCUT2D eigenvalue weighted by Gasteiger charge is -2.31. The lowest BCUT2D eigenvalue weighted by molar-refractivity contribution is 0.474. The number of nitrogens with two attached hydrogens (primary N) is 1. The highest BCUT2D eigenvalue weighted by Crippen LogP contribution is 2.29. The van der Waals surface area contributed by atoms with E-state index in [1.807, 2.05) is 11.8 Å². The van der Waals surface area contributed by atoms with Crippen LogP contribution in [0.5, 0.6) is 0 Å². The second-order valence-corrected chi connectivity index (χ2v) is 5.38. The van der Waals surface area contributed by atoms with Crippen LogP contribution in [0, 0.1) is 0 Å². The van der Waals surface area contributed by atoms with Gasteiger partial charge in [0.1, 0.15) is 5.69 Å². The summed E-state index contributed by atoms with van der Waals surface area (Å²) in [6.07, 6.45) is 8.33. The number of rotatable bonds is 3. The van der Waals surface area contributed by atoms with E-state index in [9.17, 15) is 4.79 Å². The molecule has 1 aromatic rings. The zero-order valence-corrected chi connectivity index (χ0v) is 10.7. The summed E-state index contributed by atoms with van der Waals surface area (Å²) in [5.74, 6) is 0.514. The summed E-state index contributed by atoms with van der Waals surface area (Å²) in [6, 6.07) is 0.357. The Bertz CT molecular complexity index is 434. The summed E-state index contributed by atoms with van der Waals surface area (Å²) in [7, 11) is 0. The van der Waals surface area contributed by atoms with Gasteiger partial charge in [-0.25, -0.2) is 4.98 Å². The van der Waals surface area contributed by atoms with E-state index in [0.29, 0.717) is 17.1 Å². The Hall–Kier alpha value is -1.17. The van der Waals surface area contributed by atoms with Gasteiger partial charge in [0.05, 0.1) is 6.33 Å². The van der Waals surface area contributed by atoms with Gasteiger partial charge in [-0.05, 0) is 19.1 Å². The molecule has 1 aromatic heterocycles. The zero-order valence-electron chi connectivity index (χ0n) is 9.90. The number of nitrogens with one attached hydrogen (secondary N) is 2. The molecule has 6 heteroatoms.